The van der Waals surface area contributed by atoms with Gasteiger partial charge in [0.25, 0.3) is 0 Å². The Labute approximate surface area is 123 Å². The molecule has 6 heteroatoms. The quantitative estimate of drug-likeness (QED) is 0.523. The van der Waals surface area contributed by atoms with Crippen LogP contribution in [0.2, 0.25) is 0 Å². The van der Waals surface area contributed by atoms with Gasteiger partial charge in [0.15, 0.2) is 6.20 Å². The van der Waals surface area contributed by atoms with Crippen molar-refractivity contribution >= 4 is 10.9 Å². The van der Waals surface area contributed by atoms with Crippen molar-refractivity contribution < 1.29 is 22.6 Å². The van der Waals surface area contributed by atoms with E-state index < -0.39 is 11.7 Å². The Balaban J connectivity index is 1.95. The fourth-order valence-corrected chi connectivity index (χ4v) is 2.12. The first kappa shape index (κ1) is 14.2. The summed E-state index contributed by atoms with van der Waals surface area (Å²) in [4.78, 5) is 0. The summed E-state index contributed by atoms with van der Waals surface area (Å²) in [7, 11) is 0. The average Bonchev–Trinajstić information content (AvgIpc) is 2.48. The summed E-state index contributed by atoms with van der Waals surface area (Å²) in [5.74, 6) is 0.671. The lowest BCUT2D eigenvalue weighted by Crippen LogP contribution is -2.25. The zero-order valence-electron chi connectivity index (χ0n) is 11.2. The molecule has 112 valence electrons. The van der Waals surface area contributed by atoms with Gasteiger partial charge in [0.2, 0.25) is 5.52 Å². The van der Waals surface area contributed by atoms with Crippen molar-refractivity contribution in [2.45, 2.75) is 6.18 Å². The molecule has 0 unspecified atom stereocenters. The van der Waals surface area contributed by atoms with Crippen molar-refractivity contribution in [1.29, 1.82) is 0 Å². The summed E-state index contributed by atoms with van der Waals surface area (Å²) in [5.41, 5.74) is -0.318. The van der Waals surface area contributed by atoms with E-state index in [0.29, 0.717) is 21.4 Å². The minimum atomic E-state index is -4.38. The SMILES string of the molecule is [O-][n+]1cccc2c(Oc3ccc(C(F)(F)F)cc3)cccc21. The van der Waals surface area contributed by atoms with Crippen molar-refractivity contribution in [3.63, 3.8) is 0 Å². The maximum absolute atomic E-state index is 12.5. The summed E-state index contributed by atoms with van der Waals surface area (Å²) in [6.07, 6.45) is -3.02. The normalized spacial score (nSPS) is 11.6. The Hall–Kier alpha value is -2.76. The van der Waals surface area contributed by atoms with Crippen molar-refractivity contribution in [3.8, 4) is 11.5 Å². The maximum atomic E-state index is 12.5. The second-order valence-electron chi connectivity index (χ2n) is 4.65. The van der Waals surface area contributed by atoms with Gasteiger partial charge >= 0.3 is 6.18 Å². The second kappa shape index (κ2) is 5.22. The molecule has 3 aromatic rings. The first-order valence-electron chi connectivity index (χ1n) is 6.41. The van der Waals surface area contributed by atoms with Crippen LogP contribution in [-0.4, -0.2) is 0 Å². The molecule has 0 saturated heterocycles. The number of ether oxygens (including phenoxy) is 1. The molecule has 0 fully saturated rings. The molecule has 0 radical (unpaired) electrons. The largest absolute Gasteiger partial charge is 0.618 e. The third-order valence-electron chi connectivity index (χ3n) is 3.17. The van der Waals surface area contributed by atoms with Crippen molar-refractivity contribution in [1.82, 2.24) is 0 Å². The minimum absolute atomic E-state index is 0.266. The first-order valence-corrected chi connectivity index (χ1v) is 6.41. The van der Waals surface area contributed by atoms with E-state index in [1.807, 2.05) is 0 Å². The van der Waals surface area contributed by atoms with Crippen LogP contribution >= 0.6 is 0 Å². The highest BCUT2D eigenvalue weighted by Crippen LogP contribution is 2.32. The van der Waals surface area contributed by atoms with Gasteiger partial charge in [-0.1, -0.05) is 6.07 Å². The van der Waals surface area contributed by atoms with Crippen molar-refractivity contribution in [3.05, 3.63) is 71.6 Å². The first-order chi connectivity index (χ1) is 10.4. The van der Waals surface area contributed by atoms with E-state index >= 15 is 0 Å². The molecule has 3 nitrogen and oxygen atoms in total. The summed E-state index contributed by atoms with van der Waals surface area (Å²) >= 11 is 0. The second-order valence-corrected chi connectivity index (χ2v) is 4.65. The summed E-state index contributed by atoms with van der Waals surface area (Å²) in [6, 6.07) is 12.6. The molecule has 0 spiro atoms. The molecule has 0 aliphatic heterocycles. The number of fused-ring (bicyclic) bond motifs is 1. The van der Waals surface area contributed by atoms with Gasteiger partial charge in [-0.25, -0.2) is 0 Å². The zero-order valence-corrected chi connectivity index (χ0v) is 11.2. The number of halogens is 3. The zero-order chi connectivity index (χ0) is 15.7. The molecule has 22 heavy (non-hydrogen) atoms. The van der Waals surface area contributed by atoms with Crippen LogP contribution in [0.25, 0.3) is 10.9 Å². The molecular weight excluding hydrogens is 295 g/mol. The lowest BCUT2D eigenvalue weighted by Gasteiger charge is -2.10. The highest BCUT2D eigenvalue weighted by molar-refractivity contribution is 5.82. The van der Waals surface area contributed by atoms with E-state index in [0.717, 1.165) is 12.1 Å². The lowest BCUT2D eigenvalue weighted by atomic mass is 10.2. The monoisotopic (exact) mass is 305 g/mol. The fraction of sp³-hybridized carbons (Fsp3) is 0.0625. The number of alkyl halides is 3. The summed E-state index contributed by atoms with van der Waals surface area (Å²) in [5, 5.41) is 12.3. The number of aromatic nitrogens is 1. The Morgan fingerprint density at radius 1 is 0.909 bits per heavy atom. The molecule has 0 saturated carbocycles. The van der Waals surface area contributed by atoms with Crippen LogP contribution in [0.5, 0.6) is 11.5 Å². The van der Waals surface area contributed by atoms with E-state index in [2.05, 4.69) is 0 Å². The van der Waals surface area contributed by atoms with Gasteiger partial charge in [-0.15, -0.1) is 0 Å². The van der Waals surface area contributed by atoms with Gasteiger partial charge in [0, 0.05) is 12.1 Å². The standard InChI is InChI=1S/C16H10F3NO2/c17-16(18,19)11-6-8-12(9-7-11)22-15-5-1-4-14-13(15)3-2-10-20(14)21/h1-10H. The van der Waals surface area contributed by atoms with Crippen molar-refractivity contribution in [2.75, 3.05) is 0 Å². The average molecular weight is 305 g/mol. The van der Waals surface area contributed by atoms with Gasteiger partial charge in [0.05, 0.1) is 10.9 Å². The number of hydrogen-bond acceptors (Lipinski definition) is 2. The lowest BCUT2D eigenvalue weighted by molar-refractivity contribution is -0.577. The highest BCUT2D eigenvalue weighted by atomic mass is 19.4. The molecule has 0 bridgehead atoms. The Bertz CT molecular complexity index is 814. The van der Waals surface area contributed by atoms with Gasteiger partial charge < -0.3 is 9.94 Å². The van der Waals surface area contributed by atoms with Gasteiger partial charge in [-0.2, -0.15) is 17.9 Å². The molecule has 0 aliphatic rings. The van der Waals surface area contributed by atoms with E-state index in [1.165, 1.54) is 18.3 Å². The topological polar surface area (TPSA) is 36.2 Å². The number of pyridine rings is 1. The predicted molar refractivity (Wildman–Crippen MR) is 74.4 cm³/mol. The van der Waals surface area contributed by atoms with Crippen LogP contribution < -0.4 is 9.47 Å². The van der Waals surface area contributed by atoms with E-state index in [-0.39, 0.29) is 5.75 Å². The Kier molecular flexibility index (Phi) is 3.36. The molecule has 3 rings (SSSR count). The smallest absolute Gasteiger partial charge is 0.416 e. The van der Waals surface area contributed by atoms with E-state index in [4.69, 9.17) is 4.74 Å². The number of nitrogens with zero attached hydrogens (tertiary/aromatic N) is 1. The molecule has 0 amide bonds. The number of rotatable bonds is 2. The Morgan fingerprint density at radius 3 is 2.32 bits per heavy atom. The molecule has 0 aliphatic carbocycles. The van der Waals surface area contributed by atoms with Crippen LogP contribution in [0, 0.1) is 5.21 Å². The van der Waals surface area contributed by atoms with Gasteiger partial charge in [-0.05, 0) is 36.4 Å². The van der Waals surface area contributed by atoms with Gasteiger partial charge in [-0.3, -0.25) is 0 Å². The highest BCUT2D eigenvalue weighted by Gasteiger charge is 2.30. The number of hydrogen-bond donors (Lipinski definition) is 0. The minimum Gasteiger partial charge on any atom is -0.618 e. The fourth-order valence-electron chi connectivity index (χ4n) is 2.12. The van der Waals surface area contributed by atoms with Crippen LogP contribution in [0.1, 0.15) is 5.56 Å². The molecule has 1 heterocycles. The number of benzene rings is 2. The van der Waals surface area contributed by atoms with Crippen LogP contribution in [0.3, 0.4) is 0 Å². The maximum Gasteiger partial charge on any atom is 0.416 e. The predicted octanol–water partition coefficient (Wildman–Crippen LogP) is 4.28. The third kappa shape index (κ3) is 2.67. The molecule has 1 aromatic heterocycles. The third-order valence-corrected chi connectivity index (χ3v) is 3.17. The molecular formula is C16H10F3NO2. The van der Waals surface area contributed by atoms with Crippen LogP contribution in [0.4, 0.5) is 13.2 Å². The summed E-state index contributed by atoms with van der Waals surface area (Å²) in [6.45, 7) is 0. The van der Waals surface area contributed by atoms with Crippen molar-refractivity contribution in [2.24, 2.45) is 0 Å². The molecule has 0 N–H and O–H groups in total. The van der Waals surface area contributed by atoms with Crippen LogP contribution in [-0.2, 0) is 6.18 Å². The van der Waals surface area contributed by atoms with E-state index in [1.54, 1.807) is 30.3 Å². The Morgan fingerprint density at radius 2 is 1.64 bits per heavy atom. The van der Waals surface area contributed by atoms with E-state index in [9.17, 15) is 18.4 Å². The molecule has 2 aromatic carbocycles. The molecule has 0 atom stereocenters. The summed E-state index contributed by atoms with van der Waals surface area (Å²) < 4.78 is 43.9. The van der Waals surface area contributed by atoms with Gasteiger partial charge in [0.1, 0.15) is 11.5 Å². The van der Waals surface area contributed by atoms with Crippen LogP contribution in [0.15, 0.2) is 60.8 Å².